The number of nitrogens with zero attached hydrogens (tertiary/aromatic N) is 1. The van der Waals surface area contributed by atoms with Gasteiger partial charge in [-0.15, -0.1) is 0 Å². The molecule has 1 fully saturated rings. The van der Waals surface area contributed by atoms with E-state index in [2.05, 4.69) is 38.2 Å². The van der Waals surface area contributed by atoms with Gasteiger partial charge in [-0.2, -0.15) is 0 Å². The molecule has 2 aromatic carbocycles. The highest BCUT2D eigenvalue weighted by molar-refractivity contribution is 6.00. The van der Waals surface area contributed by atoms with Gasteiger partial charge < -0.3 is 19.7 Å². The number of nitrogens with one attached hydrogen (secondary N) is 1. The number of anilines is 1. The lowest BCUT2D eigenvalue weighted by Gasteiger charge is -2.28. The molecule has 158 valence electrons. The summed E-state index contributed by atoms with van der Waals surface area (Å²) >= 11 is 0. The Hall–Kier alpha value is -3.02. The summed E-state index contributed by atoms with van der Waals surface area (Å²) in [7, 11) is 0. The number of rotatable bonds is 5. The van der Waals surface area contributed by atoms with E-state index >= 15 is 0 Å². The van der Waals surface area contributed by atoms with Crippen molar-refractivity contribution in [1.29, 1.82) is 0 Å². The molecule has 0 spiro atoms. The van der Waals surface area contributed by atoms with Crippen molar-refractivity contribution in [3.8, 4) is 11.5 Å². The van der Waals surface area contributed by atoms with E-state index in [0.29, 0.717) is 37.8 Å². The molecule has 2 heterocycles. The molecular weight excluding hydrogens is 380 g/mol. The van der Waals surface area contributed by atoms with Crippen molar-refractivity contribution in [2.75, 3.05) is 31.2 Å². The van der Waals surface area contributed by atoms with E-state index in [0.717, 1.165) is 5.69 Å². The summed E-state index contributed by atoms with van der Waals surface area (Å²) in [5.41, 5.74) is 2.96. The van der Waals surface area contributed by atoms with Crippen LogP contribution in [0.3, 0.4) is 0 Å². The zero-order valence-electron chi connectivity index (χ0n) is 17.7. The Morgan fingerprint density at radius 2 is 1.87 bits per heavy atom. The number of hydrogen-bond acceptors (Lipinski definition) is 4. The summed E-state index contributed by atoms with van der Waals surface area (Å²) in [6, 6.07) is 13.7. The zero-order valence-corrected chi connectivity index (χ0v) is 17.7. The zero-order chi connectivity index (χ0) is 21.3. The average Bonchev–Trinajstić information content (AvgIpc) is 3.13. The van der Waals surface area contributed by atoms with Gasteiger partial charge >= 0.3 is 0 Å². The highest BCUT2D eigenvalue weighted by atomic mass is 16.6. The first-order valence-corrected chi connectivity index (χ1v) is 10.4. The van der Waals surface area contributed by atoms with Gasteiger partial charge in [-0.05, 0) is 30.2 Å². The van der Waals surface area contributed by atoms with Crippen molar-refractivity contribution in [3.63, 3.8) is 0 Å². The Kier molecular flexibility index (Phi) is 5.41. The maximum atomic E-state index is 12.8. The van der Waals surface area contributed by atoms with Gasteiger partial charge in [0, 0.05) is 36.7 Å². The van der Waals surface area contributed by atoms with E-state index in [4.69, 9.17) is 9.47 Å². The van der Waals surface area contributed by atoms with E-state index in [1.54, 1.807) is 4.90 Å². The highest BCUT2D eigenvalue weighted by Gasteiger charge is 2.36. The van der Waals surface area contributed by atoms with Gasteiger partial charge in [0.05, 0.1) is 5.92 Å². The topological polar surface area (TPSA) is 67.9 Å². The molecule has 1 unspecified atom stereocenters. The van der Waals surface area contributed by atoms with Crippen LogP contribution >= 0.6 is 0 Å². The summed E-state index contributed by atoms with van der Waals surface area (Å²) in [5, 5.41) is 3.07. The number of benzene rings is 2. The maximum absolute atomic E-state index is 12.8. The molecule has 1 N–H and O–H groups in total. The van der Waals surface area contributed by atoms with Crippen molar-refractivity contribution in [3.05, 3.63) is 53.6 Å². The average molecular weight is 408 g/mol. The highest BCUT2D eigenvalue weighted by Crippen LogP contribution is 2.36. The normalized spacial score (nSPS) is 18.4. The molecule has 1 saturated heterocycles. The van der Waals surface area contributed by atoms with E-state index in [1.807, 2.05) is 30.3 Å². The van der Waals surface area contributed by atoms with Crippen LogP contribution in [0.2, 0.25) is 0 Å². The summed E-state index contributed by atoms with van der Waals surface area (Å²) in [4.78, 5) is 27.1. The summed E-state index contributed by atoms with van der Waals surface area (Å²) < 4.78 is 11.2. The summed E-state index contributed by atoms with van der Waals surface area (Å²) in [6.07, 6.45) is 0.213. The van der Waals surface area contributed by atoms with Crippen LogP contribution in [0.25, 0.3) is 0 Å². The first-order valence-electron chi connectivity index (χ1n) is 10.4. The molecule has 0 saturated carbocycles. The maximum Gasteiger partial charge on any atom is 0.227 e. The van der Waals surface area contributed by atoms with Crippen LogP contribution in [-0.2, 0) is 15.0 Å². The Balaban J connectivity index is 1.40. The third-order valence-electron chi connectivity index (χ3n) is 5.91. The number of hydrogen-bond donors (Lipinski definition) is 1. The molecule has 30 heavy (non-hydrogen) atoms. The molecule has 2 amide bonds. The molecule has 6 heteroatoms. The monoisotopic (exact) mass is 408 g/mol. The van der Waals surface area contributed by atoms with Gasteiger partial charge in [0.2, 0.25) is 11.8 Å². The predicted octanol–water partition coefficient (Wildman–Crippen LogP) is 3.21. The predicted molar refractivity (Wildman–Crippen MR) is 115 cm³/mol. The van der Waals surface area contributed by atoms with E-state index < -0.39 is 0 Å². The molecule has 4 rings (SSSR count). The van der Waals surface area contributed by atoms with Crippen molar-refractivity contribution in [2.45, 2.75) is 32.6 Å². The molecule has 1 atom stereocenters. The fourth-order valence-electron chi connectivity index (χ4n) is 4.21. The standard InChI is InChI=1S/C24H28N2O4/c1-16-6-4-5-7-19(16)24(2,3)15-25-23(28)17-12-22(27)26(14-17)18-8-9-20-21(13-18)30-11-10-29-20/h4-9,13,17H,10-12,14-15H2,1-3H3,(H,25,28). The minimum atomic E-state index is -0.363. The molecule has 0 aromatic heterocycles. The Morgan fingerprint density at radius 3 is 2.63 bits per heavy atom. The number of amides is 2. The van der Waals surface area contributed by atoms with Gasteiger partial charge in [-0.25, -0.2) is 0 Å². The second-order valence-electron chi connectivity index (χ2n) is 8.65. The number of carbonyl (C=O) groups is 2. The molecule has 0 bridgehead atoms. The SMILES string of the molecule is Cc1ccccc1C(C)(C)CNC(=O)C1CC(=O)N(c2ccc3c(c2)OCCO3)C1. The van der Waals surface area contributed by atoms with E-state index in [9.17, 15) is 9.59 Å². The second kappa shape index (κ2) is 8.01. The van der Waals surface area contributed by atoms with Crippen molar-refractivity contribution >= 4 is 17.5 Å². The van der Waals surface area contributed by atoms with Crippen LogP contribution in [0.1, 0.15) is 31.4 Å². The number of aryl methyl sites for hydroxylation is 1. The molecule has 2 aliphatic heterocycles. The number of ether oxygens (including phenoxy) is 2. The van der Waals surface area contributed by atoms with Crippen LogP contribution < -0.4 is 19.7 Å². The van der Waals surface area contributed by atoms with Gasteiger partial charge in [-0.1, -0.05) is 38.1 Å². The van der Waals surface area contributed by atoms with Crippen LogP contribution in [-0.4, -0.2) is 38.1 Å². The summed E-state index contributed by atoms with van der Waals surface area (Å²) in [5.74, 6) is 0.831. The van der Waals surface area contributed by atoms with Crippen LogP contribution in [0.15, 0.2) is 42.5 Å². The fraction of sp³-hybridized carbons (Fsp3) is 0.417. The first kappa shape index (κ1) is 20.3. The number of carbonyl (C=O) groups excluding carboxylic acids is 2. The second-order valence-corrected chi connectivity index (χ2v) is 8.65. The number of fused-ring (bicyclic) bond motifs is 1. The summed E-state index contributed by atoms with van der Waals surface area (Å²) in [6.45, 7) is 8.23. The van der Waals surface area contributed by atoms with Gasteiger partial charge in [-0.3, -0.25) is 9.59 Å². The van der Waals surface area contributed by atoms with Gasteiger partial charge in [0.25, 0.3) is 0 Å². The minimum absolute atomic E-state index is 0.0509. The van der Waals surface area contributed by atoms with E-state index in [-0.39, 0.29) is 29.6 Å². The fourth-order valence-corrected chi connectivity index (χ4v) is 4.21. The molecule has 2 aliphatic rings. The van der Waals surface area contributed by atoms with Crippen molar-refractivity contribution < 1.29 is 19.1 Å². The Morgan fingerprint density at radius 1 is 1.13 bits per heavy atom. The van der Waals surface area contributed by atoms with Gasteiger partial charge in [0.1, 0.15) is 13.2 Å². The largest absolute Gasteiger partial charge is 0.486 e. The lowest BCUT2D eigenvalue weighted by Crippen LogP contribution is -2.40. The van der Waals surface area contributed by atoms with Crippen LogP contribution in [0.5, 0.6) is 11.5 Å². The molecule has 2 aromatic rings. The van der Waals surface area contributed by atoms with Crippen molar-refractivity contribution in [2.24, 2.45) is 5.92 Å². The molecular formula is C24H28N2O4. The quantitative estimate of drug-likeness (QED) is 0.825. The minimum Gasteiger partial charge on any atom is -0.486 e. The lowest BCUT2D eigenvalue weighted by molar-refractivity contribution is -0.126. The van der Waals surface area contributed by atoms with Crippen molar-refractivity contribution in [1.82, 2.24) is 5.32 Å². The third kappa shape index (κ3) is 3.99. The third-order valence-corrected chi connectivity index (χ3v) is 5.91. The van der Waals surface area contributed by atoms with E-state index in [1.165, 1.54) is 11.1 Å². The van der Waals surface area contributed by atoms with Gasteiger partial charge in [0.15, 0.2) is 11.5 Å². The molecule has 0 aliphatic carbocycles. The first-order chi connectivity index (χ1) is 14.3. The smallest absolute Gasteiger partial charge is 0.227 e. The molecule has 6 nitrogen and oxygen atoms in total. The lowest BCUT2D eigenvalue weighted by atomic mass is 9.82. The Bertz CT molecular complexity index is 969. The molecule has 0 radical (unpaired) electrons. The Labute approximate surface area is 177 Å². The van der Waals surface area contributed by atoms with Crippen LogP contribution in [0, 0.1) is 12.8 Å². The van der Waals surface area contributed by atoms with Crippen LogP contribution in [0.4, 0.5) is 5.69 Å².